The van der Waals surface area contributed by atoms with Crippen LogP contribution in [0, 0.1) is 0 Å². The molecule has 0 fully saturated rings. The number of hydrogen-bond donors (Lipinski definition) is 1. The zero-order valence-electron chi connectivity index (χ0n) is 24.6. The van der Waals surface area contributed by atoms with Gasteiger partial charge in [-0.1, -0.05) is 75.5 Å². The Hall–Kier alpha value is -3.57. The van der Waals surface area contributed by atoms with Crippen LogP contribution in [0.2, 0.25) is 10.0 Å². The Morgan fingerprint density at radius 3 is 2.16 bits per heavy atom. The Kier molecular flexibility index (Phi) is 11.9. The Morgan fingerprint density at radius 2 is 1.56 bits per heavy atom. The van der Waals surface area contributed by atoms with Crippen LogP contribution < -0.4 is 14.4 Å². The third-order valence-electron chi connectivity index (χ3n) is 6.97. The number of nitrogens with zero attached hydrogens (tertiary/aromatic N) is 2. The molecule has 12 heteroatoms. The molecule has 0 saturated carbocycles. The zero-order chi connectivity index (χ0) is 32.6. The lowest BCUT2D eigenvalue weighted by Gasteiger charge is -2.33. The van der Waals surface area contributed by atoms with Crippen LogP contribution in [-0.2, 0) is 32.6 Å². The summed E-state index contributed by atoms with van der Waals surface area (Å²) in [5.74, 6) is -0.451. The van der Waals surface area contributed by atoms with Crippen LogP contribution in [0.25, 0.3) is 0 Å². The van der Waals surface area contributed by atoms with Crippen molar-refractivity contribution in [1.29, 1.82) is 0 Å². The molecule has 4 rings (SSSR count). The molecule has 4 aromatic carbocycles. The lowest BCUT2D eigenvalue weighted by Crippen LogP contribution is -2.53. The predicted octanol–water partition coefficient (Wildman–Crippen LogP) is 6.74. The van der Waals surface area contributed by atoms with Crippen LogP contribution in [0.4, 0.5) is 5.69 Å². The van der Waals surface area contributed by atoms with E-state index in [4.69, 9.17) is 27.9 Å². The Morgan fingerprint density at radius 1 is 0.889 bits per heavy atom. The third kappa shape index (κ3) is 8.79. The van der Waals surface area contributed by atoms with Gasteiger partial charge in [0, 0.05) is 24.5 Å². The minimum absolute atomic E-state index is 0.00412. The smallest absolute Gasteiger partial charge is 0.264 e. The van der Waals surface area contributed by atoms with Crippen molar-refractivity contribution < 1.29 is 22.7 Å². The molecule has 0 saturated heterocycles. The number of rotatable bonds is 13. The van der Waals surface area contributed by atoms with Gasteiger partial charge in [-0.05, 0) is 78.7 Å². The van der Waals surface area contributed by atoms with Crippen LogP contribution in [0.15, 0.2) is 106 Å². The minimum atomic E-state index is -4.24. The number of benzene rings is 4. The highest BCUT2D eigenvalue weighted by atomic mass is 79.9. The van der Waals surface area contributed by atoms with E-state index in [2.05, 4.69) is 21.2 Å². The van der Waals surface area contributed by atoms with Gasteiger partial charge in [-0.3, -0.25) is 13.9 Å². The van der Waals surface area contributed by atoms with Gasteiger partial charge in [0.2, 0.25) is 11.8 Å². The summed E-state index contributed by atoms with van der Waals surface area (Å²) in [7, 11) is -2.74. The maximum atomic E-state index is 14.4. The van der Waals surface area contributed by atoms with Crippen LogP contribution in [0.3, 0.4) is 0 Å². The molecule has 0 aliphatic rings. The van der Waals surface area contributed by atoms with Crippen molar-refractivity contribution in [3.05, 3.63) is 123 Å². The molecule has 1 N–H and O–H groups in total. The Bertz CT molecular complexity index is 1720. The summed E-state index contributed by atoms with van der Waals surface area (Å²) in [5, 5.41) is 3.29. The van der Waals surface area contributed by atoms with Crippen molar-refractivity contribution in [1.82, 2.24) is 10.2 Å². The molecule has 0 aromatic heterocycles. The van der Waals surface area contributed by atoms with Gasteiger partial charge in [0.1, 0.15) is 18.3 Å². The molecule has 236 valence electrons. The van der Waals surface area contributed by atoms with E-state index in [1.165, 1.54) is 24.1 Å². The molecule has 0 aliphatic carbocycles. The van der Waals surface area contributed by atoms with E-state index in [1.807, 2.05) is 37.3 Å². The first kappa shape index (κ1) is 34.3. The molecule has 1 atom stereocenters. The van der Waals surface area contributed by atoms with Crippen molar-refractivity contribution in [3.8, 4) is 5.75 Å². The average Bonchev–Trinajstić information content (AvgIpc) is 3.04. The number of sulfonamides is 1. The molecular formula is C33H32BrCl2N3O5S. The van der Waals surface area contributed by atoms with E-state index in [9.17, 15) is 18.0 Å². The molecule has 2 amide bonds. The number of ether oxygens (including phenoxy) is 1. The minimum Gasteiger partial charge on any atom is -0.494 e. The van der Waals surface area contributed by atoms with Crippen molar-refractivity contribution in [2.75, 3.05) is 24.5 Å². The maximum absolute atomic E-state index is 14.4. The Balaban J connectivity index is 1.79. The molecule has 8 nitrogen and oxygen atoms in total. The first-order chi connectivity index (χ1) is 21.5. The van der Waals surface area contributed by atoms with E-state index in [0.29, 0.717) is 27.4 Å². The molecular weight excluding hydrogens is 701 g/mol. The van der Waals surface area contributed by atoms with Crippen molar-refractivity contribution in [2.24, 2.45) is 0 Å². The quantitative estimate of drug-likeness (QED) is 0.164. The van der Waals surface area contributed by atoms with Crippen LogP contribution in [-0.4, -0.2) is 51.4 Å². The summed E-state index contributed by atoms with van der Waals surface area (Å²) in [6.45, 7) is 1.66. The number of halogens is 3. The monoisotopic (exact) mass is 731 g/mol. The summed E-state index contributed by atoms with van der Waals surface area (Å²) in [6, 6.07) is 25.8. The lowest BCUT2D eigenvalue weighted by atomic mass is 10.0. The van der Waals surface area contributed by atoms with Gasteiger partial charge in [-0.15, -0.1) is 0 Å². The summed E-state index contributed by atoms with van der Waals surface area (Å²) in [4.78, 5) is 29.1. The second kappa shape index (κ2) is 15.6. The van der Waals surface area contributed by atoms with Gasteiger partial charge in [0.05, 0.1) is 27.2 Å². The third-order valence-corrected chi connectivity index (χ3v) is 10.0. The number of hydrogen-bond acceptors (Lipinski definition) is 5. The maximum Gasteiger partial charge on any atom is 0.264 e. The van der Waals surface area contributed by atoms with Crippen LogP contribution in [0.1, 0.15) is 18.1 Å². The highest BCUT2D eigenvalue weighted by Crippen LogP contribution is 2.29. The first-order valence-electron chi connectivity index (χ1n) is 14.0. The molecule has 0 unspecified atom stereocenters. The van der Waals surface area contributed by atoms with E-state index >= 15 is 0 Å². The normalized spacial score (nSPS) is 11.8. The second-order valence-electron chi connectivity index (χ2n) is 9.98. The number of nitrogens with one attached hydrogen (secondary N) is 1. The number of likely N-dealkylation sites (N-methyl/N-ethyl adjacent to an activating group) is 1. The van der Waals surface area contributed by atoms with Crippen molar-refractivity contribution in [2.45, 2.75) is 30.8 Å². The summed E-state index contributed by atoms with van der Waals surface area (Å²) >= 11 is 15.8. The standard InChI is InChI=1S/C33H32BrCl2N3O5S/c1-3-44-27-14-12-26(13-15-27)39(45(42,43)28-16-10-25(34)11-17-28)22-32(40)38(21-24-9-18-29(35)30(36)19-24)31(33(41)37-2)20-23-7-5-4-6-8-23/h4-19,31H,3,20-22H2,1-2H3,(H,37,41)/t31-/m1/s1. The van der Waals surface area contributed by atoms with Crippen LogP contribution >= 0.6 is 39.1 Å². The second-order valence-corrected chi connectivity index (χ2v) is 13.6. The fourth-order valence-corrected chi connectivity index (χ4v) is 6.69. The highest BCUT2D eigenvalue weighted by Gasteiger charge is 2.34. The predicted molar refractivity (Wildman–Crippen MR) is 181 cm³/mol. The lowest BCUT2D eigenvalue weighted by molar-refractivity contribution is -0.139. The molecule has 45 heavy (non-hydrogen) atoms. The summed E-state index contributed by atoms with van der Waals surface area (Å²) in [6.07, 6.45) is 0.191. The first-order valence-corrected chi connectivity index (χ1v) is 17.0. The SMILES string of the molecule is CCOc1ccc(N(CC(=O)N(Cc2ccc(Cl)c(Cl)c2)[C@H](Cc2ccccc2)C(=O)NC)S(=O)(=O)c2ccc(Br)cc2)cc1. The number of carbonyl (C=O) groups is 2. The number of carbonyl (C=O) groups excluding carboxylic acids is 2. The highest BCUT2D eigenvalue weighted by molar-refractivity contribution is 9.10. The van der Waals surface area contributed by atoms with Crippen molar-refractivity contribution >= 4 is 66.7 Å². The van der Waals surface area contributed by atoms with Crippen molar-refractivity contribution in [3.63, 3.8) is 0 Å². The largest absolute Gasteiger partial charge is 0.494 e. The van der Waals surface area contributed by atoms with Gasteiger partial charge >= 0.3 is 0 Å². The molecule has 0 aliphatic heterocycles. The fourth-order valence-electron chi connectivity index (χ4n) is 4.69. The number of anilines is 1. The van der Waals surface area contributed by atoms with Gasteiger partial charge in [0.15, 0.2) is 0 Å². The van der Waals surface area contributed by atoms with E-state index in [0.717, 1.165) is 9.87 Å². The summed E-state index contributed by atoms with van der Waals surface area (Å²) < 4.78 is 35.5. The number of amides is 2. The summed E-state index contributed by atoms with van der Waals surface area (Å²) in [5.41, 5.74) is 1.69. The van der Waals surface area contributed by atoms with E-state index in [-0.39, 0.29) is 28.6 Å². The molecule has 0 heterocycles. The molecule has 4 aromatic rings. The van der Waals surface area contributed by atoms with Gasteiger partial charge in [-0.25, -0.2) is 8.42 Å². The average molecular weight is 734 g/mol. The molecule has 0 bridgehead atoms. The fraction of sp³-hybridized carbons (Fsp3) is 0.212. The molecule has 0 spiro atoms. The van der Waals surface area contributed by atoms with Gasteiger partial charge < -0.3 is 15.0 Å². The Labute approximate surface area is 282 Å². The van der Waals surface area contributed by atoms with E-state index in [1.54, 1.807) is 54.6 Å². The van der Waals surface area contributed by atoms with E-state index < -0.39 is 34.4 Å². The topological polar surface area (TPSA) is 96.0 Å². The zero-order valence-corrected chi connectivity index (χ0v) is 28.5. The van der Waals surface area contributed by atoms with Gasteiger partial charge in [0.25, 0.3) is 10.0 Å². The molecule has 0 radical (unpaired) electrons. The van der Waals surface area contributed by atoms with Gasteiger partial charge in [-0.2, -0.15) is 0 Å². The van der Waals surface area contributed by atoms with Crippen LogP contribution in [0.5, 0.6) is 5.75 Å².